The molecule has 0 N–H and O–H groups in total. The van der Waals surface area contributed by atoms with E-state index in [1.54, 1.807) is 24.1 Å². The summed E-state index contributed by atoms with van der Waals surface area (Å²) < 4.78 is 7.55. The van der Waals surface area contributed by atoms with Gasteiger partial charge in [-0.2, -0.15) is 5.26 Å². The van der Waals surface area contributed by atoms with Crippen molar-refractivity contribution in [1.82, 2.24) is 25.0 Å². The Bertz CT molecular complexity index is 1160. The van der Waals surface area contributed by atoms with Crippen LogP contribution in [0.15, 0.2) is 48.8 Å². The lowest BCUT2D eigenvalue weighted by Gasteiger charge is -2.11. The molecule has 0 aliphatic heterocycles. The Hall–Kier alpha value is -3.79. The molecule has 7 heteroatoms. The first-order valence-corrected chi connectivity index (χ1v) is 8.39. The predicted molar refractivity (Wildman–Crippen MR) is 99.8 cm³/mol. The van der Waals surface area contributed by atoms with Crippen molar-refractivity contribution in [1.29, 1.82) is 5.26 Å². The Kier molecular flexibility index (Phi) is 4.22. The van der Waals surface area contributed by atoms with Crippen LogP contribution in [0.4, 0.5) is 0 Å². The molecule has 0 spiro atoms. The van der Waals surface area contributed by atoms with E-state index in [0.29, 0.717) is 17.8 Å². The fourth-order valence-corrected chi connectivity index (χ4v) is 2.87. The first kappa shape index (κ1) is 16.7. The Balaban J connectivity index is 1.65. The summed E-state index contributed by atoms with van der Waals surface area (Å²) in [4.78, 5) is 8.45. The van der Waals surface area contributed by atoms with Crippen LogP contribution in [0.5, 0.6) is 5.75 Å². The molecule has 0 amide bonds. The van der Waals surface area contributed by atoms with Crippen LogP contribution in [-0.4, -0.2) is 25.0 Å². The monoisotopic (exact) mass is 356 g/mol. The largest absolute Gasteiger partial charge is 0.489 e. The van der Waals surface area contributed by atoms with Crippen molar-refractivity contribution in [3.8, 4) is 23.1 Å². The highest BCUT2D eigenvalue weighted by Gasteiger charge is 2.13. The highest BCUT2D eigenvalue weighted by molar-refractivity contribution is 5.83. The molecule has 1 aromatic carbocycles. The van der Waals surface area contributed by atoms with Gasteiger partial charge in [0.1, 0.15) is 23.9 Å². The predicted octanol–water partition coefficient (Wildman–Crippen LogP) is 3.18. The van der Waals surface area contributed by atoms with E-state index in [1.165, 1.54) is 0 Å². The number of ether oxygens (including phenoxy) is 1. The Morgan fingerprint density at radius 2 is 1.96 bits per heavy atom. The highest BCUT2D eigenvalue weighted by atomic mass is 16.5. The maximum atomic E-state index is 9.38. The smallest absolute Gasteiger partial charge is 0.170 e. The number of aromatic nitrogens is 5. The van der Waals surface area contributed by atoms with Crippen molar-refractivity contribution in [2.75, 3.05) is 0 Å². The molecule has 0 unspecified atom stereocenters. The molecule has 132 valence electrons. The zero-order chi connectivity index (χ0) is 18.8. The summed E-state index contributed by atoms with van der Waals surface area (Å²) in [5.41, 5.74) is 5.21. The Labute approximate surface area is 155 Å². The van der Waals surface area contributed by atoms with E-state index >= 15 is 0 Å². The third kappa shape index (κ3) is 3.20. The van der Waals surface area contributed by atoms with Gasteiger partial charge in [0.15, 0.2) is 5.69 Å². The van der Waals surface area contributed by atoms with E-state index in [1.807, 2.05) is 43.3 Å². The number of fused-ring (bicyclic) bond motifs is 1. The molecule has 4 rings (SSSR count). The van der Waals surface area contributed by atoms with Gasteiger partial charge in [-0.3, -0.25) is 4.98 Å². The van der Waals surface area contributed by atoms with Crippen molar-refractivity contribution in [2.45, 2.75) is 13.5 Å². The average molecular weight is 356 g/mol. The second kappa shape index (κ2) is 6.84. The van der Waals surface area contributed by atoms with Crippen molar-refractivity contribution in [2.24, 2.45) is 7.05 Å². The Morgan fingerprint density at radius 3 is 2.70 bits per heavy atom. The zero-order valence-electron chi connectivity index (χ0n) is 14.9. The number of rotatable bonds is 4. The molecular formula is C20H16N6O. The van der Waals surface area contributed by atoms with Crippen LogP contribution >= 0.6 is 0 Å². The van der Waals surface area contributed by atoms with Gasteiger partial charge in [0.2, 0.25) is 0 Å². The molecule has 0 aliphatic carbocycles. The molecule has 0 radical (unpaired) electrons. The minimum atomic E-state index is 0.270. The third-order valence-electron chi connectivity index (χ3n) is 4.32. The second-order valence-electron chi connectivity index (χ2n) is 6.17. The molecule has 0 saturated carbocycles. The van der Waals surface area contributed by atoms with Crippen molar-refractivity contribution < 1.29 is 4.74 Å². The number of nitriles is 1. The molecule has 0 saturated heterocycles. The SMILES string of the molecule is Cc1cc(-c2cc3c(nnn3C)c(C#N)n2)ccc1OCc1ccncc1. The van der Waals surface area contributed by atoms with Gasteiger partial charge in [-0.1, -0.05) is 5.21 Å². The standard InChI is InChI=1S/C20H16N6O/c1-13-9-15(3-4-19(13)27-12-14-5-7-22-8-6-14)16-10-18-20(17(11-21)23-16)24-25-26(18)2/h3-10H,12H2,1-2H3. The fraction of sp³-hybridized carbons (Fsp3) is 0.150. The molecule has 0 bridgehead atoms. The fourth-order valence-electron chi connectivity index (χ4n) is 2.87. The van der Waals surface area contributed by atoms with Gasteiger partial charge >= 0.3 is 0 Å². The number of nitrogens with zero attached hydrogens (tertiary/aromatic N) is 6. The number of benzene rings is 1. The van der Waals surface area contributed by atoms with Crippen LogP contribution in [0, 0.1) is 18.3 Å². The molecule has 3 heterocycles. The van der Waals surface area contributed by atoms with E-state index < -0.39 is 0 Å². The summed E-state index contributed by atoms with van der Waals surface area (Å²) in [6, 6.07) is 13.7. The molecule has 7 nitrogen and oxygen atoms in total. The minimum Gasteiger partial charge on any atom is -0.489 e. The van der Waals surface area contributed by atoms with Crippen molar-refractivity contribution >= 4 is 11.0 Å². The van der Waals surface area contributed by atoms with Gasteiger partial charge < -0.3 is 4.74 Å². The number of pyridine rings is 2. The van der Waals surface area contributed by atoms with Crippen LogP contribution < -0.4 is 4.74 Å². The van der Waals surface area contributed by atoms with Crippen LogP contribution in [0.2, 0.25) is 0 Å². The van der Waals surface area contributed by atoms with Gasteiger partial charge in [0.25, 0.3) is 0 Å². The molecule has 0 fully saturated rings. The molecule has 3 aromatic heterocycles. The number of aryl methyl sites for hydroxylation is 2. The van der Waals surface area contributed by atoms with Crippen LogP contribution in [-0.2, 0) is 13.7 Å². The summed E-state index contributed by atoms with van der Waals surface area (Å²) in [6.07, 6.45) is 3.49. The first-order valence-electron chi connectivity index (χ1n) is 8.39. The lowest BCUT2D eigenvalue weighted by Crippen LogP contribution is -1.98. The molecule has 4 aromatic rings. The average Bonchev–Trinajstić information content (AvgIpc) is 3.08. The van der Waals surface area contributed by atoms with E-state index in [2.05, 4.69) is 26.3 Å². The van der Waals surface area contributed by atoms with E-state index in [0.717, 1.165) is 28.0 Å². The van der Waals surface area contributed by atoms with Gasteiger partial charge in [0, 0.05) is 25.0 Å². The van der Waals surface area contributed by atoms with Crippen molar-refractivity contribution in [3.63, 3.8) is 0 Å². The van der Waals surface area contributed by atoms with E-state index in [-0.39, 0.29) is 5.69 Å². The summed E-state index contributed by atoms with van der Waals surface area (Å²) in [5, 5.41) is 17.4. The first-order chi connectivity index (χ1) is 13.2. The maximum absolute atomic E-state index is 9.38. The number of hydrogen-bond acceptors (Lipinski definition) is 6. The summed E-state index contributed by atoms with van der Waals surface area (Å²) in [7, 11) is 1.79. The van der Waals surface area contributed by atoms with Gasteiger partial charge in [-0.25, -0.2) is 9.67 Å². The molecule has 0 atom stereocenters. The van der Waals surface area contributed by atoms with Gasteiger partial charge in [-0.15, -0.1) is 5.10 Å². The molecule has 0 aliphatic rings. The quantitative estimate of drug-likeness (QED) is 0.558. The zero-order valence-corrected chi connectivity index (χ0v) is 14.9. The van der Waals surface area contributed by atoms with E-state index in [4.69, 9.17) is 4.74 Å². The minimum absolute atomic E-state index is 0.270. The topological polar surface area (TPSA) is 89.5 Å². The third-order valence-corrected chi connectivity index (χ3v) is 4.32. The van der Waals surface area contributed by atoms with Crippen LogP contribution in [0.25, 0.3) is 22.3 Å². The van der Waals surface area contributed by atoms with Crippen molar-refractivity contribution in [3.05, 3.63) is 65.6 Å². The normalized spacial score (nSPS) is 10.7. The lowest BCUT2D eigenvalue weighted by atomic mass is 10.1. The summed E-state index contributed by atoms with van der Waals surface area (Å²) >= 11 is 0. The Morgan fingerprint density at radius 1 is 1.15 bits per heavy atom. The van der Waals surface area contributed by atoms with E-state index in [9.17, 15) is 5.26 Å². The molecular weight excluding hydrogens is 340 g/mol. The lowest BCUT2D eigenvalue weighted by molar-refractivity contribution is 0.304. The number of hydrogen-bond donors (Lipinski definition) is 0. The van der Waals surface area contributed by atoms with Crippen LogP contribution in [0.1, 0.15) is 16.8 Å². The van der Waals surface area contributed by atoms with Crippen LogP contribution in [0.3, 0.4) is 0 Å². The summed E-state index contributed by atoms with van der Waals surface area (Å²) in [6.45, 7) is 2.47. The maximum Gasteiger partial charge on any atom is 0.170 e. The highest BCUT2D eigenvalue weighted by Crippen LogP contribution is 2.28. The summed E-state index contributed by atoms with van der Waals surface area (Å²) in [5.74, 6) is 0.805. The van der Waals surface area contributed by atoms with Gasteiger partial charge in [0.05, 0.1) is 11.2 Å². The molecule has 27 heavy (non-hydrogen) atoms. The second-order valence-corrected chi connectivity index (χ2v) is 6.17. The van der Waals surface area contributed by atoms with Gasteiger partial charge in [-0.05, 0) is 54.4 Å².